The molecule has 2 aliphatic rings. The van der Waals surface area contributed by atoms with Crippen LogP contribution in [0.3, 0.4) is 0 Å². The maximum Gasteiger partial charge on any atom is 0.169 e. The van der Waals surface area contributed by atoms with E-state index in [0.717, 1.165) is 24.8 Å². The molecule has 2 rings (SSSR count). The highest BCUT2D eigenvalue weighted by Crippen LogP contribution is 2.21. The van der Waals surface area contributed by atoms with Crippen molar-refractivity contribution in [3.8, 4) is 0 Å². The summed E-state index contributed by atoms with van der Waals surface area (Å²) in [5.41, 5.74) is 0. The van der Waals surface area contributed by atoms with Gasteiger partial charge in [0.1, 0.15) is 0 Å². The molecule has 1 saturated heterocycles. The van der Waals surface area contributed by atoms with Crippen LogP contribution in [-0.2, 0) is 4.74 Å². The van der Waals surface area contributed by atoms with Crippen molar-refractivity contribution < 1.29 is 4.74 Å². The number of likely N-dealkylation sites (tertiary alicyclic amines) is 1. The maximum absolute atomic E-state index is 5.34. The summed E-state index contributed by atoms with van der Waals surface area (Å²) in [6, 6.07) is 0.670. The Morgan fingerprint density at radius 1 is 1.50 bits per heavy atom. The van der Waals surface area contributed by atoms with Gasteiger partial charge in [-0.25, -0.2) is 0 Å². The molecule has 1 atom stereocenters. The quantitative estimate of drug-likeness (QED) is 0.708. The third-order valence-electron chi connectivity index (χ3n) is 2.88. The molecule has 0 spiro atoms. The monoisotopic (exact) mass is 214 g/mol. The van der Waals surface area contributed by atoms with E-state index in [1.54, 1.807) is 7.11 Å². The lowest BCUT2D eigenvalue weighted by atomic mass is 10.1. The molecule has 0 bridgehead atoms. The normalized spacial score (nSPS) is 26.6. The topological polar surface area (TPSA) is 24.5 Å². The standard InChI is InChI=1S/C10H18N2OS/c1-13-7-8-4-5-12(6-8)10(14)11-9-2-3-9/h8-9H,2-7H2,1H3,(H,11,14). The number of hydrogen-bond acceptors (Lipinski definition) is 2. The third kappa shape index (κ3) is 2.58. The zero-order chi connectivity index (χ0) is 9.97. The van der Waals surface area contributed by atoms with Crippen molar-refractivity contribution in [2.75, 3.05) is 26.8 Å². The molecule has 0 aromatic rings. The van der Waals surface area contributed by atoms with E-state index in [4.69, 9.17) is 17.0 Å². The molecule has 2 fully saturated rings. The van der Waals surface area contributed by atoms with Gasteiger partial charge in [0, 0.05) is 32.2 Å². The van der Waals surface area contributed by atoms with Crippen LogP contribution in [0.25, 0.3) is 0 Å². The Labute approximate surface area is 90.8 Å². The minimum atomic E-state index is 0.666. The Balaban J connectivity index is 1.73. The first-order valence-electron chi connectivity index (χ1n) is 5.34. The van der Waals surface area contributed by atoms with E-state index < -0.39 is 0 Å². The minimum absolute atomic E-state index is 0.666. The van der Waals surface area contributed by atoms with Crippen molar-refractivity contribution in [2.24, 2.45) is 5.92 Å². The number of methoxy groups -OCH3 is 1. The second-order valence-corrected chi connectivity index (χ2v) is 4.67. The summed E-state index contributed by atoms with van der Waals surface area (Å²) in [6.45, 7) is 3.02. The SMILES string of the molecule is COCC1CCN(C(=S)NC2CC2)C1. The summed E-state index contributed by atoms with van der Waals surface area (Å²) in [7, 11) is 1.77. The molecule has 0 radical (unpaired) electrons. The van der Waals surface area contributed by atoms with Crippen molar-refractivity contribution in [1.29, 1.82) is 0 Å². The molecule has 0 aromatic carbocycles. The van der Waals surface area contributed by atoms with Crippen LogP contribution in [0.2, 0.25) is 0 Å². The molecule has 3 nitrogen and oxygen atoms in total. The Hall–Kier alpha value is -0.350. The lowest BCUT2D eigenvalue weighted by Crippen LogP contribution is -2.39. The summed E-state index contributed by atoms with van der Waals surface area (Å²) in [5, 5.41) is 4.33. The van der Waals surface area contributed by atoms with Gasteiger partial charge in [-0.15, -0.1) is 0 Å². The van der Waals surface area contributed by atoms with E-state index in [9.17, 15) is 0 Å². The lowest BCUT2D eigenvalue weighted by Gasteiger charge is -2.20. The summed E-state index contributed by atoms with van der Waals surface area (Å²) in [5.74, 6) is 0.666. The molecule has 1 aliphatic carbocycles. The first-order chi connectivity index (χ1) is 6.79. The minimum Gasteiger partial charge on any atom is -0.384 e. The van der Waals surface area contributed by atoms with Crippen molar-refractivity contribution in [3.05, 3.63) is 0 Å². The average Bonchev–Trinajstić information content (AvgIpc) is 2.83. The van der Waals surface area contributed by atoms with Gasteiger partial charge in [-0.3, -0.25) is 0 Å². The van der Waals surface area contributed by atoms with Gasteiger partial charge in [-0.2, -0.15) is 0 Å². The number of rotatable bonds is 3. The maximum atomic E-state index is 5.34. The first-order valence-corrected chi connectivity index (χ1v) is 5.75. The van der Waals surface area contributed by atoms with Gasteiger partial charge in [0.2, 0.25) is 0 Å². The van der Waals surface area contributed by atoms with E-state index in [1.807, 2.05) is 0 Å². The predicted molar refractivity (Wildman–Crippen MR) is 60.3 cm³/mol. The fraction of sp³-hybridized carbons (Fsp3) is 0.900. The van der Waals surface area contributed by atoms with E-state index in [-0.39, 0.29) is 0 Å². The van der Waals surface area contributed by atoms with Gasteiger partial charge in [0.25, 0.3) is 0 Å². The number of hydrogen-bond donors (Lipinski definition) is 1. The molecule has 1 aliphatic heterocycles. The van der Waals surface area contributed by atoms with Crippen LogP contribution in [0.1, 0.15) is 19.3 Å². The number of nitrogens with one attached hydrogen (secondary N) is 1. The summed E-state index contributed by atoms with van der Waals surface area (Å²) < 4.78 is 5.16. The van der Waals surface area contributed by atoms with Crippen molar-refractivity contribution >= 4 is 17.3 Å². The molecule has 0 aromatic heterocycles. The molecule has 1 saturated carbocycles. The molecule has 1 heterocycles. The highest BCUT2D eigenvalue weighted by atomic mass is 32.1. The van der Waals surface area contributed by atoms with E-state index in [0.29, 0.717) is 12.0 Å². The fourth-order valence-corrected chi connectivity index (χ4v) is 2.21. The van der Waals surface area contributed by atoms with Crippen LogP contribution >= 0.6 is 12.2 Å². The number of nitrogens with zero attached hydrogens (tertiary/aromatic N) is 1. The van der Waals surface area contributed by atoms with Crippen LogP contribution in [-0.4, -0.2) is 42.9 Å². The summed E-state index contributed by atoms with van der Waals surface area (Å²) >= 11 is 5.34. The average molecular weight is 214 g/mol. The Kier molecular flexibility index (Phi) is 3.23. The summed E-state index contributed by atoms with van der Waals surface area (Å²) in [4.78, 5) is 2.28. The Bertz CT molecular complexity index is 218. The smallest absolute Gasteiger partial charge is 0.169 e. The van der Waals surface area contributed by atoms with Crippen LogP contribution in [0.15, 0.2) is 0 Å². The molecule has 0 amide bonds. The zero-order valence-corrected chi connectivity index (χ0v) is 9.48. The largest absolute Gasteiger partial charge is 0.384 e. The molecule has 80 valence electrons. The third-order valence-corrected chi connectivity index (χ3v) is 3.26. The second kappa shape index (κ2) is 4.45. The van der Waals surface area contributed by atoms with Gasteiger partial charge in [-0.1, -0.05) is 0 Å². The fourth-order valence-electron chi connectivity index (χ4n) is 1.88. The van der Waals surface area contributed by atoms with Crippen molar-refractivity contribution in [2.45, 2.75) is 25.3 Å². The predicted octanol–water partition coefficient (Wildman–Crippen LogP) is 0.992. The molecular formula is C10H18N2OS. The molecule has 1 unspecified atom stereocenters. The summed E-state index contributed by atoms with van der Waals surface area (Å²) in [6.07, 6.45) is 3.78. The highest BCUT2D eigenvalue weighted by Gasteiger charge is 2.28. The van der Waals surface area contributed by atoms with E-state index >= 15 is 0 Å². The molecule has 4 heteroatoms. The van der Waals surface area contributed by atoms with Gasteiger partial charge < -0.3 is 15.0 Å². The van der Waals surface area contributed by atoms with Gasteiger partial charge in [-0.05, 0) is 31.5 Å². The van der Waals surface area contributed by atoms with Crippen LogP contribution < -0.4 is 5.32 Å². The van der Waals surface area contributed by atoms with Gasteiger partial charge in [0.15, 0.2) is 5.11 Å². The van der Waals surface area contributed by atoms with Crippen LogP contribution in [0.4, 0.5) is 0 Å². The molecule has 1 N–H and O–H groups in total. The Morgan fingerprint density at radius 2 is 2.29 bits per heavy atom. The van der Waals surface area contributed by atoms with Crippen molar-refractivity contribution in [1.82, 2.24) is 10.2 Å². The highest BCUT2D eigenvalue weighted by molar-refractivity contribution is 7.80. The van der Waals surface area contributed by atoms with Crippen LogP contribution in [0, 0.1) is 5.92 Å². The lowest BCUT2D eigenvalue weighted by molar-refractivity contribution is 0.157. The van der Waals surface area contributed by atoms with E-state index in [1.165, 1.54) is 19.3 Å². The van der Waals surface area contributed by atoms with Gasteiger partial charge >= 0.3 is 0 Å². The zero-order valence-electron chi connectivity index (χ0n) is 8.66. The van der Waals surface area contributed by atoms with E-state index in [2.05, 4.69) is 10.2 Å². The molecule has 14 heavy (non-hydrogen) atoms. The van der Waals surface area contributed by atoms with Gasteiger partial charge in [0.05, 0.1) is 6.61 Å². The second-order valence-electron chi connectivity index (χ2n) is 4.28. The molecular weight excluding hydrogens is 196 g/mol. The van der Waals surface area contributed by atoms with Crippen LogP contribution in [0.5, 0.6) is 0 Å². The number of thiocarbonyl (C=S) groups is 1. The van der Waals surface area contributed by atoms with Crippen molar-refractivity contribution in [3.63, 3.8) is 0 Å². The number of ether oxygens (including phenoxy) is 1. The first kappa shape index (κ1) is 10.2. The Morgan fingerprint density at radius 3 is 2.93 bits per heavy atom.